The predicted molar refractivity (Wildman–Crippen MR) is 90.2 cm³/mol. The zero-order valence-corrected chi connectivity index (χ0v) is 13.8. The Morgan fingerprint density at radius 3 is 2.83 bits per heavy atom. The van der Waals surface area contributed by atoms with Gasteiger partial charge in [-0.25, -0.2) is 4.98 Å². The fourth-order valence-electron chi connectivity index (χ4n) is 2.72. The SMILES string of the molecule is COc1ccc(CNc2cncc(Cl)n2)c(OC2CCCC2)c1. The fraction of sp³-hybridized carbons (Fsp3) is 0.412. The van der Waals surface area contributed by atoms with E-state index in [1.807, 2.05) is 18.2 Å². The second kappa shape index (κ2) is 7.51. The number of nitrogens with one attached hydrogen (secondary N) is 1. The van der Waals surface area contributed by atoms with Crippen molar-refractivity contribution in [3.63, 3.8) is 0 Å². The maximum Gasteiger partial charge on any atom is 0.149 e. The molecule has 6 heteroatoms. The zero-order valence-electron chi connectivity index (χ0n) is 13.1. The summed E-state index contributed by atoms with van der Waals surface area (Å²) >= 11 is 5.86. The lowest BCUT2D eigenvalue weighted by Crippen LogP contribution is -2.13. The molecule has 0 amide bonds. The van der Waals surface area contributed by atoms with Crippen molar-refractivity contribution in [1.29, 1.82) is 0 Å². The van der Waals surface area contributed by atoms with E-state index in [0.717, 1.165) is 29.9 Å². The topological polar surface area (TPSA) is 56.3 Å². The first kappa shape index (κ1) is 15.9. The summed E-state index contributed by atoms with van der Waals surface area (Å²) in [6.45, 7) is 0.584. The van der Waals surface area contributed by atoms with Crippen molar-refractivity contribution < 1.29 is 9.47 Å². The maximum absolute atomic E-state index is 6.18. The number of methoxy groups -OCH3 is 1. The molecule has 0 atom stereocenters. The van der Waals surface area contributed by atoms with Crippen molar-refractivity contribution in [3.05, 3.63) is 41.3 Å². The summed E-state index contributed by atoms with van der Waals surface area (Å²) in [5.41, 5.74) is 1.06. The van der Waals surface area contributed by atoms with Gasteiger partial charge in [0.1, 0.15) is 22.5 Å². The lowest BCUT2D eigenvalue weighted by Gasteiger charge is -2.18. The molecule has 1 saturated carbocycles. The smallest absolute Gasteiger partial charge is 0.149 e. The average molecular weight is 334 g/mol. The summed E-state index contributed by atoms with van der Waals surface area (Å²) in [6, 6.07) is 5.88. The van der Waals surface area contributed by atoms with Crippen LogP contribution in [0.3, 0.4) is 0 Å². The first-order chi connectivity index (χ1) is 11.2. The van der Waals surface area contributed by atoms with Crippen molar-refractivity contribution in [1.82, 2.24) is 9.97 Å². The largest absolute Gasteiger partial charge is 0.497 e. The van der Waals surface area contributed by atoms with Gasteiger partial charge in [-0.3, -0.25) is 4.98 Å². The molecule has 0 saturated heterocycles. The molecule has 0 spiro atoms. The molecule has 2 aromatic rings. The third-order valence-corrected chi connectivity index (χ3v) is 4.12. The molecule has 1 aliphatic rings. The molecule has 122 valence electrons. The Morgan fingerprint density at radius 2 is 2.09 bits per heavy atom. The van der Waals surface area contributed by atoms with Gasteiger partial charge in [0.2, 0.25) is 0 Å². The Hall–Kier alpha value is -2.01. The van der Waals surface area contributed by atoms with Crippen molar-refractivity contribution >= 4 is 17.4 Å². The number of hydrogen-bond acceptors (Lipinski definition) is 5. The minimum atomic E-state index is 0.298. The second-order valence-electron chi connectivity index (χ2n) is 5.58. The average Bonchev–Trinajstić information content (AvgIpc) is 3.06. The van der Waals surface area contributed by atoms with Gasteiger partial charge < -0.3 is 14.8 Å². The Morgan fingerprint density at radius 1 is 1.26 bits per heavy atom. The number of benzene rings is 1. The Kier molecular flexibility index (Phi) is 5.18. The molecule has 3 rings (SSSR count). The maximum atomic E-state index is 6.18. The van der Waals surface area contributed by atoms with Crippen LogP contribution in [-0.2, 0) is 6.54 Å². The summed E-state index contributed by atoms with van der Waals surface area (Å²) in [5.74, 6) is 2.29. The van der Waals surface area contributed by atoms with Gasteiger partial charge in [0.15, 0.2) is 0 Å². The van der Waals surface area contributed by atoms with Crippen molar-refractivity contribution in [3.8, 4) is 11.5 Å². The summed E-state index contributed by atoms with van der Waals surface area (Å²) in [7, 11) is 1.66. The van der Waals surface area contributed by atoms with E-state index in [2.05, 4.69) is 15.3 Å². The molecule has 0 aliphatic heterocycles. The van der Waals surface area contributed by atoms with Crippen LogP contribution in [0.15, 0.2) is 30.6 Å². The number of hydrogen-bond donors (Lipinski definition) is 1. The van der Waals surface area contributed by atoms with Crippen LogP contribution in [-0.4, -0.2) is 23.2 Å². The van der Waals surface area contributed by atoms with Gasteiger partial charge in [0.05, 0.1) is 25.6 Å². The van der Waals surface area contributed by atoms with Crippen LogP contribution in [0.2, 0.25) is 5.15 Å². The van der Waals surface area contributed by atoms with Gasteiger partial charge in [-0.2, -0.15) is 0 Å². The van der Waals surface area contributed by atoms with Crippen LogP contribution < -0.4 is 14.8 Å². The summed E-state index contributed by atoms with van der Waals surface area (Å²) < 4.78 is 11.5. The standard InChI is InChI=1S/C17H20ClN3O2/c1-22-14-7-6-12(9-20-17-11-19-10-16(18)21-17)15(8-14)23-13-4-2-3-5-13/h6-8,10-11,13H,2-5,9H2,1H3,(H,20,21). The molecule has 0 unspecified atom stereocenters. The highest BCUT2D eigenvalue weighted by atomic mass is 35.5. The molecule has 1 fully saturated rings. The van der Waals surface area contributed by atoms with Crippen LogP contribution in [0.1, 0.15) is 31.2 Å². The lowest BCUT2D eigenvalue weighted by atomic mass is 10.1. The highest BCUT2D eigenvalue weighted by molar-refractivity contribution is 6.29. The van der Waals surface area contributed by atoms with Crippen LogP contribution in [0, 0.1) is 0 Å². The van der Waals surface area contributed by atoms with Gasteiger partial charge in [-0.15, -0.1) is 0 Å². The van der Waals surface area contributed by atoms with E-state index in [1.165, 1.54) is 19.0 Å². The lowest BCUT2D eigenvalue weighted by molar-refractivity contribution is 0.207. The third-order valence-electron chi connectivity index (χ3n) is 3.94. The molecular weight excluding hydrogens is 314 g/mol. The number of halogens is 1. The number of aromatic nitrogens is 2. The number of rotatable bonds is 6. The van der Waals surface area contributed by atoms with Gasteiger partial charge in [0.25, 0.3) is 0 Å². The second-order valence-corrected chi connectivity index (χ2v) is 5.97. The molecule has 0 radical (unpaired) electrons. The minimum absolute atomic E-state index is 0.298. The van der Waals surface area contributed by atoms with Gasteiger partial charge in [-0.1, -0.05) is 11.6 Å². The monoisotopic (exact) mass is 333 g/mol. The number of nitrogens with zero attached hydrogens (tertiary/aromatic N) is 2. The molecule has 0 bridgehead atoms. The van der Waals surface area contributed by atoms with E-state index >= 15 is 0 Å². The first-order valence-electron chi connectivity index (χ1n) is 7.79. The van der Waals surface area contributed by atoms with E-state index in [9.17, 15) is 0 Å². The van der Waals surface area contributed by atoms with Crippen LogP contribution in [0.5, 0.6) is 11.5 Å². The fourth-order valence-corrected chi connectivity index (χ4v) is 2.86. The quantitative estimate of drug-likeness (QED) is 0.863. The molecule has 23 heavy (non-hydrogen) atoms. The van der Waals surface area contributed by atoms with Gasteiger partial charge in [-0.05, 0) is 37.8 Å². The number of anilines is 1. The normalized spacial score (nSPS) is 14.7. The zero-order chi connectivity index (χ0) is 16.1. The van der Waals surface area contributed by atoms with E-state index in [0.29, 0.717) is 23.6 Å². The van der Waals surface area contributed by atoms with Crippen molar-refractivity contribution in [2.45, 2.75) is 38.3 Å². The first-order valence-corrected chi connectivity index (χ1v) is 8.17. The number of ether oxygens (including phenoxy) is 2. The molecule has 1 heterocycles. The van der Waals surface area contributed by atoms with Crippen LogP contribution in [0.4, 0.5) is 5.82 Å². The summed E-state index contributed by atoms with van der Waals surface area (Å²) in [4.78, 5) is 8.20. The highest BCUT2D eigenvalue weighted by Crippen LogP contribution is 2.30. The Bertz CT molecular complexity index is 660. The minimum Gasteiger partial charge on any atom is -0.497 e. The van der Waals surface area contributed by atoms with E-state index < -0.39 is 0 Å². The Labute approximate surface area is 141 Å². The summed E-state index contributed by atoms with van der Waals surface area (Å²) in [5, 5.41) is 3.59. The van der Waals surface area contributed by atoms with Crippen LogP contribution >= 0.6 is 11.6 Å². The van der Waals surface area contributed by atoms with Crippen LogP contribution in [0.25, 0.3) is 0 Å². The molecule has 1 aromatic heterocycles. The molecule has 1 aliphatic carbocycles. The highest BCUT2D eigenvalue weighted by Gasteiger charge is 2.18. The summed E-state index contributed by atoms with van der Waals surface area (Å²) in [6.07, 6.45) is 8.16. The molecule has 1 aromatic carbocycles. The molecule has 1 N–H and O–H groups in total. The molecular formula is C17H20ClN3O2. The third kappa shape index (κ3) is 4.26. The van der Waals surface area contributed by atoms with Gasteiger partial charge in [0, 0.05) is 18.2 Å². The predicted octanol–water partition coefficient (Wildman–Crippen LogP) is 4.07. The van der Waals surface area contributed by atoms with Gasteiger partial charge >= 0.3 is 0 Å². The van der Waals surface area contributed by atoms with E-state index in [-0.39, 0.29) is 0 Å². The van der Waals surface area contributed by atoms with Crippen molar-refractivity contribution in [2.75, 3.05) is 12.4 Å². The van der Waals surface area contributed by atoms with Crippen molar-refractivity contribution in [2.24, 2.45) is 0 Å². The van der Waals surface area contributed by atoms with E-state index in [1.54, 1.807) is 13.3 Å². The Balaban J connectivity index is 1.74. The van der Waals surface area contributed by atoms with E-state index in [4.69, 9.17) is 21.1 Å². The molecule has 5 nitrogen and oxygen atoms in total.